The predicted octanol–water partition coefficient (Wildman–Crippen LogP) is 6.09. The molecule has 0 spiro atoms. The van der Waals surface area contributed by atoms with Crippen LogP contribution in [0.25, 0.3) is 0 Å². The fourth-order valence-corrected chi connectivity index (χ4v) is 3.94. The van der Waals surface area contributed by atoms with Crippen LogP contribution in [-0.2, 0) is 16.1 Å². The first-order valence-corrected chi connectivity index (χ1v) is 12.1. The minimum atomic E-state index is -0.719. The molecule has 1 atom stereocenters. The molecular formula is C24H29BrCl2N2O3. The summed E-state index contributed by atoms with van der Waals surface area (Å²) in [5.41, 5.74) is 2.61. The van der Waals surface area contributed by atoms with E-state index in [1.54, 1.807) is 25.1 Å². The van der Waals surface area contributed by atoms with Crippen molar-refractivity contribution in [1.29, 1.82) is 0 Å². The topological polar surface area (TPSA) is 58.6 Å². The molecule has 0 aliphatic heterocycles. The van der Waals surface area contributed by atoms with Gasteiger partial charge in [0.25, 0.3) is 5.91 Å². The van der Waals surface area contributed by atoms with Crippen molar-refractivity contribution in [1.82, 2.24) is 10.2 Å². The summed E-state index contributed by atoms with van der Waals surface area (Å²) >= 11 is 16.2. The van der Waals surface area contributed by atoms with Crippen molar-refractivity contribution in [2.75, 3.05) is 13.2 Å². The number of nitrogens with one attached hydrogen (secondary N) is 1. The van der Waals surface area contributed by atoms with Crippen LogP contribution in [0.2, 0.25) is 10.0 Å². The molecule has 174 valence electrons. The number of nitrogens with zero attached hydrogens (tertiary/aromatic N) is 1. The van der Waals surface area contributed by atoms with Crippen LogP contribution in [0.1, 0.15) is 43.4 Å². The number of benzene rings is 2. The molecular weight excluding hydrogens is 515 g/mol. The fraction of sp³-hybridized carbons (Fsp3) is 0.417. The summed E-state index contributed by atoms with van der Waals surface area (Å²) in [6, 6.07) is 8.16. The quantitative estimate of drug-likeness (QED) is 0.369. The molecule has 32 heavy (non-hydrogen) atoms. The number of halogens is 3. The van der Waals surface area contributed by atoms with Crippen molar-refractivity contribution < 1.29 is 14.3 Å². The largest absolute Gasteiger partial charge is 0.484 e. The molecule has 8 heteroatoms. The van der Waals surface area contributed by atoms with E-state index < -0.39 is 6.04 Å². The highest BCUT2D eigenvalue weighted by atomic mass is 79.9. The molecule has 0 saturated carbocycles. The molecule has 2 rings (SSSR count). The maximum Gasteiger partial charge on any atom is 0.261 e. The second kappa shape index (κ2) is 12.5. The van der Waals surface area contributed by atoms with Crippen LogP contribution in [0.15, 0.2) is 34.8 Å². The molecule has 0 aliphatic rings. The standard InChI is InChI=1S/C24H29BrCl2N2O3/c1-5-6-10-28-24(31)17(4)29(13-19-20(26)8-7-9-21(19)27)22(30)14-32-18-11-15(2)23(25)16(3)12-18/h7-9,11-12,17H,5-6,10,13-14H2,1-4H3,(H,28,31)/t17-/m1/s1. The van der Waals surface area contributed by atoms with Gasteiger partial charge in [0.15, 0.2) is 6.61 Å². The predicted molar refractivity (Wildman–Crippen MR) is 134 cm³/mol. The van der Waals surface area contributed by atoms with E-state index >= 15 is 0 Å². The summed E-state index contributed by atoms with van der Waals surface area (Å²) in [5.74, 6) is 0.0231. The molecule has 0 saturated heterocycles. The number of unbranched alkanes of at least 4 members (excludes halogenated alkanes) is 1. The first-order chi connectivity index (χ1) is 15.1. The van der Waals surface area contributed by atoms with Gasteiger partial charge in [0.1, 0.15) is 11.8 Å². The van der Waals surface area contributed by atoms with Crippen molar-refractivity contribution in [2.45, 2.75) is 53.1 Å². The minimum Gasteiger partial charge on any atom is -0.484 e. The summed E-state index contributed by atoms with van der Waals surface area (Å²) in [6.45, 7) is 8.10. The Kier molecular flexibility index (Phi) is 10.3. The van der Waals surface area contributed by atoms with E-state index in [1.807, 2.05) is 32.9 Å². The Bertz CT molecular complexity index is 925. The van der Waals surface area contributed by atoms with Crippen molar-refractivity contribution in [3.05, 3.63) is 61.5 Å². The molecule has 2 amide bonds. The fourth-order valence-electron chi connectivity index (χ4n) is 3.19. The number of ether oxygens (including phenoxy) is 1. The Morgan fingerprint density at radius 2 is 1.75 bits per heavy atom. The van der Waals surface area contributed by atoms with Gasteiger partial charge in [0.2, 0.25) is 5.91 Å². The molecule has 0 unspecified atom stereocenters. The zero-order valence-electron chi connectivity index (χ0n) is 18.8. The first kappa shape index (κ1) is 26.5. The second-order valence-corrected chi connectivity index (χ2v) is 9.31. The van der Waals surface area contributed by atoms with Gasteiger partial charge in [0, 0.05) is 33.2 Å². The summed E-state index contributed by atoms with van der Waals surface area (Å²) in [6.07, 6.45) is 1.83. The lowest BCUT2D eigenvalue weighted by Gasteiger charge is -2.29. The van der Waals surface area contributed by atoms with E-state index in [2.05, 4.69) is 21.2 Å². The molecule has 0 bridgehead atoms. The average Bonchev–Trinajstić information content (AvgIpc) is 2.75. The molecule has 0 aromatic heterocycles. The van der Waals surface area contributed by atoms with E-state index in [9.17, 15) is 9.59 Å². The van der Waals surface area contributed by atoms with Crippen LogP contribution in [0.5, 0.6) is 5.75 Å². The van der Waals surface area contributed by atoms with Gasteiger partial charge in [0.05, 0.1) is 0 Å². The van der Waals surface area contributed by atoms with Gasteiger partial charge in [-0.05, 0) is 62.6 Å². The van der Waals surface area contributed by atoms with Gasteiger partial charge in [-0.3, -0.25) is 9.59 Å². The second-order valence-electron chi connectivity index (χ2n) is 7.70. The number of aryl methyl sites for hydroxylation is 2. The van der Waals surface area contributed by atoms with Gasteiger partial charge in [-0.2, -0.15) is 0 Å². The summed E-state index contributed by atoms with van der Waals surface area (Å²) in [7, 11) is 0. The van der Waals surface area contributed by atoms with Gasteiger partial charge >= 0.3 is 0 Å². The van der Waals surface area contributed by atoms with E-state index in [0.29, 0.717) is 27.9 Å². The Hall–Kier alpha value is -1.76. The molecule has 0 fully saturated rings. The van der Waals surface area contributed by atoms with Crippen molar-refractivity contribution in [3.63, 3.8) is 0 Å². The van der Waals surface area contributed by atoms with Crippen LogP contribution in [0.3, 0.4) is 0 Å². The SMILES string of the molecule is CCCCNC(=O)[C@@H](C)N(Cc1c(Cl)cccc1Cl)C(=O)COc1cc(C)c(Br)c(C)c1. The highest BCUT2D eigenvalue weighted by molar-refractivity contribution is 9.10. The van der Waals surface area contributed by atoms with Crippen molar-refractivity contribution >= 4 is 50.9 Å². The van der Waals surface area contributed by atoms with Gasteiger partial charge in [-0.15, -0.1) is 0 Å². The van der Waals surface area contributed by atoms with Gasteiger partial charge < -0.3 is 15.0 Å². The number of carbonyl (C=O) groups is 2. The molecule has 0 aliphatic carbocycles. The Morgan fingerprint density at radius 1 is 1.16 bits per heavy atom. The summed E-state index contributed by atoms with van der Waals surface area (Å²) in [5, 5.41) is 3.76. The smallest absolute Gasteiger partial charge is 0.261 e. The van der Waals surface area contributed by atoms with Crippen LogP contribution in [0, 0.1) is 13.8 Å². The third-order valence-corrected chi connectivity index (χ3v) is 7.12. The average molecular weight is 544 g/mol. The molecule has 0 radical (unpaired) electrons. The molecule has 2 aromatic carbocycles. The van der Waals surface area contributed by atoms with Gasteiger partial charge in [-0.25, -0.2) is 0 Å². The van der Waals surface area contributed by atoms with Gasteiger partial charge in [-0.1, -0.05) is 58.5 Å². The van der Waals surface area contributed by atoms with Crippen LogP contribution in [0.4, 0.5) is 0 Å². The van der Waals surface area contributed by atoms with E-state index in [4.69, 9.17) is 27.9 Å². The highest BCUT2D eigenvalue weighted by Gasteiger charge is 2.27. The first-order valence-electron chi connectivity index (χ1n) is 10.5. The Labute approximate surface area is 208 Å². The summed E-state index contributed by atoms with van der Waals surface area (Å²) in [4.78, 5) is 27.3. The zero-order chi connectivity index (χ0) is 23.8. The normalized spacial score (nSPS) is 11.7. The van der Waals surface area contributed by atoms with Crippen LogP contribution < -0.4 is 10.1 Å². The monoisotopic (exact) mass is 542 g/mol. The molecule has 1 N–H and O–H groups in total. The van der Waals surface area contributed by atoms with E-state index in [-0.39, 0.29) is 25.0 Å². The Morgan fingerprint density at radius 3 is 2.31 bits per heavy atom. The lowest BCUT2D eigenvalue weighted by molar-refractivity contribution is -0.142. The third-order valence-electron chi connectivity index (χ3n) is 5.16. The minimum absolute atomic E-state index is 0.0987. The third kappa shape index (κ3) is 7.12. The lowest BCUT2D eigenvalue weighted by atomic mass is 10.1. The lowest BCUT2D eigenvalue weighted by Crippen LogP contribution is -2.49. The highest BCUT2D eigenvalue weighted by Crippen LogP contribution is 2.28. The van der Waals surface area contributed by atoms with E-state index in [0.717, 1.165) is 28.4 Å². The molecule has 0 heterocycles. The molecule has 2 aromatic rings. The van der Waals surface area contributed by atoms with Crippen LogP contribution in [-0.4, -0.2) is 35.9 Å². The summed E-state index contributed by atoms with van der Waals surface area (Å²) < 4.78 is 6.79. The van der Waals surface area contributed by atoms with E-state index in [1.165, 1.54) is 4.90 Å². The number of rotatable bonds is 10. The maximum absolute atomic E-state index is 13.2. The van der Waals surface area contributed by atoms with Crippen molar-refractivity contribution in [3.8, 4) is 5.75 Å². The van der Waals surface area contributed by atoms with Crippen molar-refractivity contribution in [2.24, 2.45) is 0 Å². The number of carbonyl (C=O) groups excluding carboxylic acids is 2. The number of hydrogen-bond acceptors (Lipinski definition) is 3. The maximum atomic E-state index is 13.2. The Balaban J connectivity index is 2.22. The number of amides is 2. The van der Waals surface area contributed by atoms with Crippen LogP contribution >= 0.6 is 39.1 Å². The number of hydrogen-bond donors (Lipinski definition) is 1. The molecule has 5 nitrogen and oxygen atoms in total. The zero-order valence-corrected chi connectivity index (χ0v) is 21.9.